The van der Waals surface area contributed by atoms with Gasteiger partial charge in [0, 0.05) is 23.5 Å². The van der Waals surface area contributed by atoms with Crippen molar-refractivity contribution in [1.29, 1.82) is 0 Å². The maximum absolute atomic E-state index is 12.3. The van der Waals surface area contributed by atoms with Crippen molar-refractivity contribution in [3.05, 3.63) is 75.2 Å². The van der Waals surface area contributed by atoms with Crippen molar-refractivity contribution in [3.63, 3.8) is 0 Å². The molecule has 1 fully saturated rings. The molecule has 5 nitrogen and oxygen atoms in total. The number of carbonyl (C=O) groups excluding carboxylic acids is 1. The number of aryl methyl sites for hydroxylation is 1. The monoisotopic (exact) mass is 462 g/mol. The summed E-state index contributed by atoms with van der Waals surface area (Å²) in [5, 5.41) is 7.19. The van der Waals surface area contributed by atoms with E-state index in [1.54, 1.807) is 11.3 Å². The smallest absolute Gasteiger partial charge is 0.231 e. The number of rotatable bonds is 6. The summed E-state index contributed by atoms with van der Waals surface area (Å²) in [4.78, 5) is 24.4. The first-order valence-electron chi connectivity index (χ1n) is 11.0. The molecule has 0 atom stereocenters. The van der Waals surface area contributed by atoms with Crippen LogP contribution in [-0.4, -0.2) is 33.9 Å². The zero-order valence-electron chi connectivity index (χ0n) is 18.1. The normalized spacial score (nSPS) is 15.3. The third-order valence-corrected chi connectivity index (χ3v) is 7.98. The largest absolute Gasteiger partial charge is 0.326 e. The molecule has 1 amide bonds. The van der Waals surface area contributed by atoms with Crippen molar-refractivity contribution in [1.82, 2.24) is 14.9 Å². The van der Waals surface area contributed by atoms with Gasteiger partial charge in [-0.05, 0) is 57.1 Å². The first-order chi connectivity index (χ1) is 15.6. The van der Waals surface area contributed by atoms with Gasteiger partial charge in [-0.2, -0.15) is 0 Å². The van der Waals surface area contributed by atoms with Gasteiger partial charge in [0.25, 0.3) is 0 Å². The molecule has 164 valence electrons. The van der Waals surface area contributed by atoms with Gasteiger partial charge in [-0.3, -0.25) is 9.69 Å². The lowest BCUT2D eigenvalue weighted by atomic mass is 9.97. The fourth-order valence-corrected chi connectivity index (χ4v) is 6.03. The maximum atomic E-state index is 12.3. The molecular weight excluding hydrogens is 436 g/mol. The van der Waals surface area contributed by atoms with E-state index in [9.17, 15) is 4.79 Å². The van der Waals surface area contributed by atoms with Gasteiger partial charge in [0.15, 0.2) is 0 Å². The SMILES string of the molecule is Cc1ccc(NC(=O)Cc2nc(CN3CCC(c4nc5ccccc5s4)CC3)cs2)cc1. The zero-order valence-corrected chi connectivity index (χ0v) is 19.7. The number of nitrogens with one attached hydrogen (secondary N) is 1. The molecule has 0 aliphatic carbocycles. The van der Waals surface area contributed by atoms with Crippen LogP contribution in [0.2, 0.25) is 0 Å². The lowest BCUT2D eigenvalue weighted by molar-refractivity contribution is -0.115. The van der Waals surface area contributed by atoms with E-state index in [-0.39, 0.29) is 5.91 Å². The molecule has 1 saturated heterocycles. The fourth-order valence-electron chi connectivity index (χ4n) is 4.11. The minimum Gasteiger partial charge on any atom is -0.326 e. The quantitative estimate of drug-likeness (QED) is 0.404. The highest BCUT2D eigenvalue weighted by Gasteiger charge is 2.24. The van der Waals surface area contributed by atoms with E-state index in [1.807, 2.05) is 42.5 Å². The summed E-state index contributed by atoms with van der Waals surface area (Å²) in [6, 6.07) is 16.3. The summed E-state index contributed by atoms with van der Waals surface area (Å²) in [5.41, 5.74) is 4.19. The molecule has 1 aliphatic heterocycles. The van der Waals surface area contributed by atoms with Crippen LogP contribution in [0.4, 0.5) is 5.69 Å². The van der Waals surface area contributed by atoms with E-state index >= 15 is 0 Å². The number of likely N-dealkylation sites (tertiary alicyclic amines) is 1. The molecule has 2 aromatic carbocycles. The van der Waals surface area contributed by atoms with Gasteiger partial charge in [-0.1, -0.05) is 29.8 Å². The highest BCUT2D eigenvalue weighted by Crippen LogP contribution is 2.34. The highest BCUT2D eigenvalue weighted by molar-refractivity contribution is 7.18. The van der Waals surface area contributed by atoms with Crippen molar-refractivity contribution in [2.75, 3.05) is 18.4 Å². The minimum absolute atomic E-state index is 0.0218. The molecule has 0 unspecified atom stereocenters. The zero-order chi connectivity index (χ0) is 21.9. The Balaban J connectivity index is 1.12. The molecule has 4 aromatic rings. The van der Waals surface area contributed by atoms with Crippen LogP contribution >= 0.6 is 22.7 Å². The fraction of sp³-hybridized carbons (Fsp3) is 0.320. The Bertz CT molecular complexity index is 1170. The van der Waals surface area contributed by atoms with Gasteiger partial charge in [-0.25, -0.2) is 9.97 Å². The van der Waals surface area contributed by atoms with Crippen LogP contribution in [0.1, 0.15) is 40.0 Å². The Labute approximate surface area is 196 Å². The van der Waals surface area contributed by atoms with Crippen molar-refractivity contribution in [2.45, 2.75) is 38.6 Å². The number of amides is 1. The second-order valence-electron chi connectivity index (χ2n) is 8.39. The van der Waals surface area contributed by atoms with E-state index in [1.165, 1.54) is 15.3 Å². The predicted molar refractivity (Wildman–Crippen MR) is 132 cm³/mol. The number of hydrogen-bond acceptors (Lipinski definition) is 6. The predicted octanol–water partition coefficient (Wildman–Crippen LogP) is 5.62. The third kappa shape index (κ3) is 5.06. The number of benzene rings is 2. The summed E-state index contributed by atoms with van der Waals surface area (Å²) >= 11 is 3.41. The van der Waals surface area contributed by atoms with Gasteiger partial charge >= 0.3 is 0 Å². The Morgan fingerprint density at radius 3 is 2.66 bits per heavy atom. The molecule has 1 aliphatic rings. The third-order valence-electron chi connectivity index (χ3n) is 5.88. The van der Waals surface area contributed by atoms with Crippen LogP contribution in [0.25, 0.3) is 10.2 Å². The average Bonchev–Trinajstić information content (AvgIpc) is 3.42. The minimum atomic E-state index is -0.0218. The number of nitrogens with zero attached hydrogens (tertiary/aromatic N) is 3. The Morgan fingerprint density at radius 2 is 1.88 bits per heavy atom. The van der Waals surface area contributed by atoms with Crippen LogP contribution in [0.15, 0.2) is 53.9 Å². The number of hydrogen-bond donors (Lipinski definition) is 1. The van der Waals surface area contributed by atoms with Crippen LogP contribution in [0, 0.1) is 6.92 Å². The number of fused-ring (bicyclic) bond motifs is 1. The van der Waals surface area contributed by atoms with Gasteiger partial charge in [0.2, 0.25) is 5.91 Å². The summed E-state index contributed by atoms with van der Waals surface area (Å²) in [7, 11) is 0. The van der Waals surface area contributed by atoms with E-state index in [2.05, 4.69) is 39.9 Å². The number of thiazole rings is 2. The number of carbonyl (C=O) groups is 1. The molecule has 1 N–H and O–H groups in total. The van der Waals surface area contributed by atoms with Gasteiger partial charge < -0.3 is 5.32 Å². The molecule has 0 saturated carbocycles. The van der Waals surface area contributed by atoms with E-state index in [0.717, 1.165) is 54.4 Å². The second-order valence-corrected chi connectivity index (χ2v) is 10.4. The number of aromatic nitrogens is 2. The molecule has 0 radical (unpaired) electrons. The van der Waals surface area contributed by atoms with Crippen molar-refractivity contribution >= 4 is 44.5 Å². The molecule has 5 rings (SSSR count). The summed E-state index contributed by atoms with van der Waals surface area (Å²) in [6.07, 6.45) is 2.59. The molecule has 2 aromatic heterocycles. The summed E-state index contributed by atoms with van der Waals surface area (Å²) < 4.78 is 1.28. The molecule has 32 heavy (non-hydrogen) atoms. The molecule has 0 spiro atoms. The first kappa shape index (κ1) is 21.2. The van der Waals surface area contributed by atoms with Gasteiger partial charge in [0.1, 0.15) is 5.01 Å². The lowest BCUT2D eigenvalue weighted by Gasteiger charge is -2.30. The first-order valence-corrected chi connectivity index (χ1v) is 12.7. The van der Waals surface area contributed by atoms with Crippen molar-refractivity contribution in [3.8, 4) is 0 Å². The average molecular weight is 463 g/mol. The van der Waals surface area contributed by atoms with Crippen LogP contribution < -0.4 is 5.32 Å². The lowest BCUT2D eigenvalue weighted by Crippen LogP contribution is -2.32. The van der Waals surface area contributed by atoms with Gasteiger partial charge in [-0.15, -0.1) is 22.7 Å². The highest BCUT2D eigenvalue weighted by atomic mass is 32.1. The topological polar surface area (TPSA) is 58.1 Å². The van der Waals surface area contributed by atoms with Crippen LogP contribution in [0.3, 0.4) is 0 Å². The van der Waals surface area contributed by atoms with Crippen molar-refractivity contribution < 1.29 is 4.79 Å². The number of para-hydroxylation sites is 1. The second kappa shape index (κ2) is 9.48. The van der Waals surface area contributed by atoms with Crippen molar-refractivity contribution in [2.24, 2.45) is 0 Å². The maximum Gasteiger partial charge on any atom is 0.231 e. The van der Waals surface area contributed by atoms with E-state index in [4.69, 9.17) is 9.97 Å². The number of anilines is 1. The summed E-state index contributed by atoms with van der Waals surface area (Å²) in [6.45, 7) is 5.00. The van der Waals surface area contributed by atoms with Gasteiger partial charge in [0.05, 0.1) is 27.3 Å². The Hall–Kier alpha value is -2.61. The Morgan fingerprint density at radius 1 is 1.09 bits per heavy atom. The standard InChI is InChI=1S/C25H26N4OS2/c1-17-6-8-19(9-7-17)26-23(30)14-24-27-20(16-31-24)15-29-12-10-18(11-13-29)25-28-21-4-2-3-5-22(21)32-25/h2-9,16,18H,10-15H2,1H3,(H,26,30). The van der Waals surface area contributed by atoms with E-state index in [0.29, 0.717) is 12.3 Å². The van der Waals surface area contributed by atoms with Crippen LogP contribution in [-0.2, 0) is 17.8 Å². The molecule has 0 bridgehead atoms. The molecule has 7 heteroatoms. The molecular formula is C25H26N4OS2. The Kier molecular flexibility index (Phi) is 6.30. The summed E-state index contributed by atoms with van der Waals surface area (Å²) in [5.74, 6) is 0.534. The van der Waals surface area contributed by atoms with Crippen LogP contribution in [0.5, 0.6) is 0 Å². The van der Waals surface area contributed by atoms with E-state index < -0.39 is 0 Å². The molecule has 3 heterocycles. The number of piperidine rings is 1.